The molecule has 0 aliphatic heterocycles. The van der Waals surface area contributed by atoms with E-state index in [1.807, 2.05) is 60.7 Å². The Morgan fingerprint density at radius 3 is 2.25 bits per heavy atom. The number of carbonyl (C=O) groups excluding carboxylic acids is 1. The number of hydrogen-bond acceptors (Lipinski definition) is 3. The zero-order valence-corrected chi connectivity index (χ0v) is 16.7. The Morgan fingerprint density at radius 2 is 1.54 bits per heavy atom. The Labute approximate surface area is 170 Å². The molecule has 0 saturated carbocycles. The molecule has 3 aromatic rings. The van der Waals surface area contributed by atoms with Gasteiger partial charge in [0.1, 0.15) is 11.5 Å². The van der Waals surface area contributed by atoms with Crippen molar-refractivity contribution < 1.29 is 9.53 Å². The van der Waals surface area contributed by atoms with Crippen LogP contribution >= 0.6 is 11.6 Å². The lowest BCUT2D eigenvalue weighted by atomic mass is 10.1. The summed E-state index contributed by atoms with van der Waals surface area (Å²) in [5.41, 5.74) is 3.03. The first-order valence-electron chi connectivity index (χ1n) is 9.09. The molecule has 5 heteroatoms. The van der Waals surface area contributed by atoms with Crippen LogP contribution in [0.4, 0.5) is 5.69 Å². The minimum Gasteiger partial charge on any atom is -0.457 e. The van der Waals surface area contributed by atoms with Crippen LogP contribution < -0.4 is 15.0 Å². The second-order valence-corrected chi connectivity index (χ2v) is 6.91. The first-order chi connectivity index (χ1) is 13.5. The third-order valence-corrected chi connectivity index (χ3v) is 4.72. The normalized spacial score (nSPS) is 10.5. The summed E-state index contributed by atoms with van der Waals surface area (Å²) in [6.07, 6.45) is 0. The quantitative estimate of drug-likeness (QED) is 0.583. The Morgan fingerprint density at radius 1 is 0.929 bits per heavy atom. The van der Waals surface area contributed by atoms with Gasteiger partial charge in [0.15, 0.2) is 0 Å². The van der Waals surface area contributed by atoms with Gasteiger partial charge in [-0.1, -0.05) is 48.0 Å². The fourth-order valence-electron chi connectivity index (χ4n) is 2.87. The lowest BCUT2D eigenvalue weighted by Crippen LogP contribution is -2.25. The number of ether oxygens (including phenoxy) is 1. The first-order valence-corrected chi connectivity index (χ1v) is 9.46. The molecular formula is C23H23ClN2O2. The van der Waals surface area contributed by atoms with Crippen molar-refractivity contribution in [2.45, 2.75) is 20.0 Å². The van der Waals surface area contributed by atoms with Crippen molar-refractivity contribution in [1.82, 2.24) is 5.32 Å². The van der Waals surface area contributed by atoms with Crippen molar-refractivity contribution >= 4 is 23.2 Å². The summed E-state index contributed by atoms with van der Waals surface area (Å²) in [5.74, 6) is 1.55. The van der Waals surface area contributed by atoms with Crippen LogP contribution in [0.5, 0.6) is 11.5 Å². The monoisotopic (exact) mass is 394 g/mol. The summed E-state index contributed by atoms with van der Waals surface area (Å²) in [5, 5.41) is 4.13. The fourth-order valence-corrected chi connectivity index (χ4v) is 2.99. The molecule has 0 aliphatic carbocycles. The molecule has 1 amide bonds. The minimum atomic E-state index is 0.00848. The van der Waals surface area contributed by atoms with Gasteiger partial charge in [-0.3, -0.25) is 4.79 Å². The molecule has 3 rings (SSSR count). The summed E-state index contributed by atoms with van der Waals surface area (Å²) >= 11 is 5.94. The molecule has 0 spiro atoms. The standard InChI is InChI=1S/C23H23ClN2O2/c1-17(27)26(2)22-9-5-3-7-18(22)15-25-16-19-8-4-6-10-23(19)28-21-13-11-20(24)12-14-21/h3-14,25H,15-16H2,1-2H3. The number of nitrogens with one attached hydrogen (secondary N) is 1. The lowest BCUT2D eigenvalue weighted by Gasteiger charge is -2.19. The maximum Gasteiger partial charge on any atom is 0.223 e. The average molecular weight is 395 g/mol. The Bertz CT molecular complexity index is 941. The van der Waals surface area contributed by atoms with Gasteiger partial charge in [0.25, 0.3) is 0 Å². The number of amides is 1. The molecule has 0 bridgehead atoms. The molecule has 0 heterocycles. The van der Waals surface area contributed by atoms with E-state index in [1.165, 1.54) is 0 Å². The van der Waals surface area contributed by atoms with Crippen molar-refractivity contribution in [1.29, 1.82) is 0 Å². The van der Waals surface area contributed by atoms with Crippen molar-refractivity contribution in [3.8, 4) is 11.5 Å². The van der Waals surface area contributed by atoms with Gasteiger partial charge in [0.2, 0.25) is 5.91 Å². The van der Waals surface area contributed by atoms with Crippen LogP contribution in [0.1, 0.15) is 18.1 Å². The van der Waals surface area contributed by atoms with Crippen LogP contribution in [0.25, 0.3) is 0 Å². The van der Waals surface area contributed by atoms with Gasteiger partial charge in [0.05, 0.1) is 0 Å². The third-order valence-electron chi connectivity index (χ3n) is 4.47. The van der Waals surface area contributed by atoms with Gasteiger partial charge in [-0.05, 0) is 42.0 Å². The molecular weight excluding hydrogens is 372 g/mol. The minimum absolute atomic E-state index is 0.00848. The number of rotatable bonds is 7. The number of hydrogen-bond donors (Lipinski definition) is 1. The predicted octanol–water partition coefficient (Wildman–Crippen LogP) is 5.40. The highest BCUT2D eigenvalue weighted by atomic mass is 35.5. The second-order valence-electron chi connectivity index (χ2n) is 6.47. The van der Waals surface area contributed by atoms with E-state index in [2.05, 4.69) is 5.32 Å². The van der Waals surface area contributed by atoms with E-state index in [0.29, 0.717) is 18.1 Å². The topological polar surface area (TPSA) is 41.6 Å². The highest BCUT2D eigenvalue weighted by Crippen LogP contribution is 2.26. The Balaban J connectivity index is 1.68. The van der Waals surface area contributed by atoms with Crippen LogP contribution in [0.3, 0.4) is 0 Å². The van der Waals surface area contributed by atoms with E-state index in [9.17, 15) is 4.79 Å². The van der Waals surface area contributed by atoms with Crippen LogP contribution in [0, 0.1) is 0 Å². The molecule has 0 unspecified atom stereocenters. The van der Waals surface area contributed by atoms with Crippen LogP contribution in [0.2, 0.25) is 5.02 Å². The molecule has 1 N–H and O–H groups in total. The molecule has 144 valence electrons. The Kier molecular flexibility index (Phi) is 6.69. The molecule has 28 heavy (non-hydrogen) atoms. The van der Waals surface area contributed by atoms with E-state index >= 15 is 0 Å². The van der Waals surface area contributed by atoms with Crippen LogP contribution in [-0.2, 0) is 17.9 Å². The van der Waals surface area contributed by atoms with Gasteiger partial charge in [0, 0.05) is 43.3 Å². The van der Waals surface area contributed by atoms with Crippen molar-refractivity contribution in [2.75, 3.05) is 11.9 Å². The number of halogens is 1. The average Bonchev–Trinajstić information content (AvgIpc) is 2.71. The molecule has 4 nitrogen and oxygen atoms in total. The summed E-state index contributed by atoms with van der Waals surface area (Å²) in [6, 6.07) is 23.1. The highest BCUT2D eigenvalue weighted by molar-refractivity contribution is 6.30. The van der Waals surface area contributed by atoms with E-state index in [4.69, 9.17) is 16.3 Å². The summed E-state index contributed by atoms with van der Waals surface area (Å²) in [4.78, 5) is 13.4. The van der Waals surface area contributed by atoms with E-state index in [-0.39, 0.29) is 5.91 Å². The molecule has 0 radical (unpaired) electrons. The summed E-state index contributed by atoms with van der Waals surface area (Å²) in [7, 11) is 1.79. The molecule has 0 atom stereocenters. The van der Waals surface area contributed by atoms with Crippen molar-refractivity contribution in [3.05, 3.63) is 88.9 Å². The summed E-state index contributed by atoms with van der Waals surface area (Å²) in [6.45, 7) is 2.85. The number of carbonyl (C=O) groups is 1. The van der Waals surface area contributed by atoms with E-state index in [0.717, 1.165) is 28.3 Å². The molecule has 0 fully saturated rings. The zero-order chi connectivity index (χ0) is 19.9. The van der Waals surface area contributed by atoms with Crippen LogP contribution in [-0.4, -0.2) is 13.0 Å². The smallest absolute Gasteiger partial charge is 0.223 e. The van der Waals surface area contributed by atoms with Gasteiger partial charge < -0.3 is 15.0 Å². The molecule has 0 aliphatic rings. The predicted molar refractivity (Wildman–Crippen MR) is 114 cm³/mol. The van der Waals surface area contributed by atoms with Gasteiger partial charge in [-0.25, -0.2) is 0 Å². The number of benzene rings is 3. The number of nitrogens with zero attached hydrogens (tertiary/aromatic N) is 1. The van der Waals surface area contributed by atoms with Gasteiger partial charge in [-0.15, -0.1) is 0 Å². The van der Waals surface area contributed by atoms with Gasteiger partial charge in [-0.2, -0.15) is 0 Å². The van der Waals surface area contributed by atoms with Crippen molar-refractivity contribution in [3.63, 3.8) is 0 Å². The maximum atomic E-state index is 11.7. The van der Waals surface area contributed by atoms with Crippen molar-refractivity contribution in [2.24, 2.45) is 0 Å². The third kappa shape index (κ3) is 5.12. The largest absolute Gasteiger partial charge is 0.457 e. The second kappa shape index (κ2) is 9.40. The van der Waals surface area contributed by atoms with Gasteiger partial charge >= 0.3 is 0 Å². The number of para-hydroxylation sites is 2. The fraction of sp³-hybridized carbons (Fsp3) is 0.174. The summed E-state index contributed by atoms with van der Waals surface area (Å²) < 4.78 is 6.01. The lowest BCUT2D eigenvalue weighted by molar-refractivity contribution is -0.116. The number of anilines is 1. The zero-order valence-electron chi connectivity index (χ0n) is 16.0. The first kappa shape index (κ1) is 19.9. The molecule has 3 aromatic carbocycles. The van der Waals surface area contributed by atoms with E-state index in [1.54, 1.807) is 31.0 Å². The van der Waals surface area contributed by atoms with Crippen LogP contribution in [0.15, 0.2) is 72.8 Å². The molecule has 0 aromatic heterocycles. The SMILES string of the molecule is CC(=O)N(C)c1ccccc1CNCc1ccccc1Oc1ccc(Cl)cc1. The highest BCUT2D eigenvalue weighted by Gasteiger charge is 2.10. The Hall–Kier alpha value is -2.82. The maximum absolute atomic E-state index is 11.7. The molecule has 0 saturated heterocycles. The van der Waals surface area contributed by atoms with E-state index < -0.39 is 0 Å².